The number of pyridine rings is 1. The number of aromatic amines is 1. The molecule has 0 bridgehead atoms. The van der Waals surface area contributed by atoms with Gasteiger partial charge in [-0.2, -0.15) is 31.4 Å². The molecule has 1 saturated carbocycles. The molecule has 41 heavy (non-hydrogen) atoms. The number of nitrogens with one attached hydrogen (secondary N) is 3. The monoisotopic (exact) mass is 589 g/mol. The van der Waals surface area contributed by atoms with Gasteiger partial charge in [0.05, 0.1) is 22.5 Å². The highest BCUT2D eigenvalue weighted by Crippen LogP contribution is 2.36. The van der Waals surface area contributed by atoms with E-state index >= 15 is 0 Å². The van der Waals surface area contributed by atoms with Crippen molar-refractivity contribution in [1.29, 1.82) is 0 Å². The van der Waals surface area contributed by atoms with Gasteiger partial charge in [0.2, 0.25) is 11.8 Å². The number of carbonyl (C=O) groups excluding carboxylic acids is 2. The molecule has 1 aliphatic heterocycles. The molecule has 16 heteroatoms. The van der Waals surface area contributed by atoms with Crippen LogP contribution < -0.4 is 21.1 Å². The minimum absolute atomic E-state index is 0.00540. The van der Waals surface area contributed by atoms with Crippen molar-refractivity contribution in [2.45, 2.75) is 57.5 Å². The summed E-state index contributed by atoms with van der Waals surface area (Å²) in [5, 5.41) is 11.3. The van der Waals surface area contributed by atoms with Crippen LogP contribution in [0.5, 0.6) is 0 Å². The molecule has 3 N–H and O–H groups in total. The highest BCUT2D eigenvalue weighted by atomic mass is 19.4. The molecule has 2 aromatic rings. The zero-order chi connectivity index (χ0) is 30.3. The Hall–Kier alpha value is -3.69. The fraction of sp³-hybridized carbons (Fsp3) is 0.560. The maximum atomic E-state index is 13.1. The van der Waals surface area contributed by atoms with Crippen LogP contribution in [0.15, 0.2) is 23.1 Å². The lowest BCUT2D eigenvalue weighted by molar-refractivity contribution is -0.140. The van der Waals surface area contributed by atoms with Gasteiger partial charge in [-0.15, -0.1) is 0 Å². The third kappa shape index (κ3) is 6.80. The van der Waals surface area contributed by atoms with Crippen molar-refractivity contribution >= 4 is 23.3 Å². The zero-order valence-electron chi connectivity index (χ0n) is 22.4. The molecule has 0 spiro atoms. The van der Waals surface area contributed by atoms with E-state index in [1.54, 1.807) is 23.6 Å². The Morgan fingerprint density at radius 2 is 1.63 bits per heavy atom. The zero-order valence-corrected chi connectivity index (χ0v) is 22.4. The molecule has 2 amide bonds. The lowest BCUT2D eigenvalue weighted by Gasteiger charge is -2.44. The Balaban J connectivity index is 1.33. The van der Waals surface area contributed by atoms with E-state index < -0.39 is 40.5 Å². The summed E-state index contributed by atoms with van der Waals surface area (Å²) in [5.74, 6) is -0.762. The van der Waals surface area contributed by atoms with Gasteiger partial charge in [-0.1, -0.05) is 0 Å². The van der Waals surface area contributed by atoms with Gasteiger partial charge < -0.3 is 20.4 Å². The molecular formula is C25H29F6N7O3. The van der Waals surface area contributed by atoms with Crippen LogP contribution in [0.1, 0.15) is 50.4 Å². The molecule has 1 aliphatic carbocycles. The van der Waals surface area contributed by atoms with Crippen molar-refractivity contribution in [1.82, 2.24) is 25.4 Å². The van der Waals surface area contributed by atoms with Crippen molar-refractivity contribution in [2.24, 2.45) is 5.92 Å². The van der Waals surface area contributed by atoms with Crippen molar-refractivity contribution in [3.63, 3.8) is 0 Å². The number of aromatic nitrogens is 3. The van der Waals surface area contributed by atoms with Gasteiger partial charge in [0.15, 0.2) is 5.82 Å². The highest BCUT2D eigenvalue weighted by Gasteiger charge is 2.42. The van der Waals surface area contributed by atoms with Crippen LogP contribution in [-0.4, -0.2) is 64.1 Å². The van der Waals surface area contributed by atoms with E-state index in [4.69, 9.17) is 0 Å². The number of carbonyl (C=O) groups is 2. The number of alkyl halides is 6. The molecule has 0 atom stereocenters. The minimum Gasteiger partial charge on any atom is -0.351 e. The largest absolute Gasteiger partial charge is 0.421 e. The normalized spacial score (nSPS) is 20.0. The van der Waals surface area contributed by atoms with Crippen LogP contribution >= 0.6 is 0 Å². The third-order valence-electron chi connectivity index (χ3n) is 7.20. The van der Waals surface area contributed by atoms with Gasteiger partial charge in [0.1, 0.15) is 5.56 Å². The summed E-state index contributed by atoms with van der Waals surface area (Å²) in [5.41, 5.74) is -4.74. The SMILES string of the molecule is CC(=O)Nc1cc(C(F)(F)F)cnc1N1CCN(C(=O)C2CC(NC(C)(C)c3cc(C(F)(F)F)c(=O)[nH]n3)C2)CC1. The van der Waals surface area contributed by atoms with E-state index in [9.17, 15) is 40.7 Å². The summed E-state index contributed by atoms with van der Waals surface area (Å²) in [4.78, 5) is 43.5. The van der Waals surface area contributed by atoms with E-state index in [0.29, 0.717) is 32.1 Å². The maximum Gasteiger partial charge on any atom is 0.421 e. The summed E-state index contributed by atoms with van der Waals surface area (Å²) < 4.78 is 78.9. The Morgan fingerprint density at radius 1 is 1.00 bits per heavy atom. The van der Waals surface area contributed by atoms with Crippen molar-refractivity contribution < 1.29 is 35.9 Å². The van der Waals surface area contributed by atoms with E-state index in [0.717, 1.165) is 12.1 Å². The average molecular weight is 590 g/mol. The second kappa shape index (κ2) is 10.9. The number of amides is 2. The molecule has 0 radical (unpaired) electrons. The van der Waals surface area contributed by atoms with Gasteiger partial charge in [-0.05, 0) is 38.8 Å². The minimum atomic E-state index is -4.83. The Labute approximate surface area is 230 Å². The lowest BCUT2D eigenvalue weighted by atomic mass is 9.77. The number of hydrogen-bond acceptors (Lipinski definition) is 7. The quantitative estimate of drug-likeness (QED) is 0.443. The summed E-state index contributed by atoms with van der Waals surface area (Å²) in [7, 11) is 0. The van der Waals surface area contributed by atoms with Crippen LogP contribution in [-0.2, 0) is 27.5 Å². The first-order valence-corrected chi connectivity index (χ1v) is 12.8. The number of rotatable bonds is 6. The van der Waals surface area contributed by atoms with Crippen LogP contribution in [0.4, 0.5) is 37.8 Å². The summed E-state index contributed by atoms with van der Waals surface area (Å²) >= 11 is 0. The number of hydrogen-bond donors (Lipinski definition) is 3. The molecule has 10 nitrogen and oxygen atoms in total. The van der Waals surface area contributed by atoms with Crippen LogP contribution in [0.25, 0.3) is 0 Å². The Morgan fingerprint density at radius 3 is 2.20 bits per heavy atom. The number of halogens is 6. The molecule has 1 saturated heterocycles. The van der Waals surface area contributed by atoms with Crippen LogP contribution in [0.3, 0.4) is 0 Å². The fourth-order valence-corrected chi connectivity index (χ4v) is 5.00. The standard InChI is InChI=1S/C25H29F6N7O3/c1-13(39)33-18-10-15(24(26,27)28)12-32-20(18)37-4-6-38(7-5-37)22(41)14-8-16(9-14)34-23(2,3)19-11-17(25(29,30)31)21(40)36-35-19/h10-12,14,16,34H,4-9H2,1-3H3,(H,33,39)(H,36,40). The van der Waals surface area contributed by atoms with E-state index in [-0.39, 0.29) is 48.2 Å². The predicted molar refractivity (Wildman–Crippen MR) is 135 cm³/mol. The highest BCUT2D eigenvalue weighted by molar-refractivity contribution is 5.92. The maximum absolute atomic E-state index is 13.1. The number of piperazine rings is 1. The molecule has 224 valence electrons. The van der Waals surface area contributed by atoms with Gasteiger partial charge >= 0.3 is 12.4 Å². The van der Waals surface area contributed by atoms with E-state index in [2.05, 4.69) is 20.7 Å². The number of anilines is 2. The van der Waals surface area contributed by atoms with E-state index in [1.807, 2.05) is 5.10 Å². The van der Waals surface area contributed by atoms with Gasteiger partial charge in [0, 0.05) is 51.3 Å². The number of nitrogens with zero attached hydrogens (tertiary/aromatic N) is 4. The lowest BCUT2D eigenvalue weighted by Crippen LogP contribution is -2.56. The van der Waals surface area contributed by atoms with Gasteiger partial charge in [0.25, 0.3) is 5.56 Å². The predicted octanol–water partition coefficient (Wildman–Crippen LogP) is 3.11. The average Bonchev–Trinajstić information content (AvgIpc) is 2.84. The topological polar surface area (TPSA) is 123 Å². The smallest absolute Gasteiger partial charge is 0.351 e. The van der Waals surface area contributed by atoms with Crippen molar-refractivity contribution in [3.05, 3.63) is 45.5 Å². The van der Waals surface area contributed by atoms with Crippen LogP contribution in [0, 0.1) is 5.92 Å². The first-order chi connectivity index (χ1) is 19.0. The Kier molecular flexibility index (Phi) is 8.08. The molecule has 4 rings (SSSR count). The summed E-state index contributed by atoms with van der Waals surface area (Å²) in [6, 6.07) is 1.38. The molecule has 0 aromatic carbocycles. The molecule has 2 aromatic heterocycles. The first-order valence-electron chi connectivity index (χ1n) is 12.8. The van der Waals surface area contributed by atoms with Crippen LogP contribution in [0.2, 0.25) is 0 Å². The molecule has 0 unspecified atom stereocenters. The molecule has 3 heterocycles. The summed E-state index contributed by atoms with van der Waals surface area (Å²) in [6.45, 7) is 5.61. The van der Waals surface area contributed by atoms with Gasteiger partial charge in [-0.3, -0.25) is 14.4 Å². The van der Waals surface area contributed by atoms with E-state index in [1.165, 1.54) is 6.92 Å². The molecular weight excluding hydrogens is 560 g/mol. The van der Waals surface area contributed by atoms with Crippen molar-refractivity contribution in [3.8, 4) is 0 Å². The number of H-pyrrole nitrogens is 1. The molecule has 2 aliphatic rings. The Bertz CT molecular complexity index is 1360. The third-order valence-corrected chi connectivity index (χ3v) is 7.20. The summed E-state index contributed by atoms with van der Waals surface area (Å²) in [6.07, 6.45) is -7.85. The first kappa shape index (κ1) is 30.3. The van der Waals surface area contributed by atoms with Crippen molar-refractivity contribution in [2.75, 3.05) is 36.4 Å². The molecule has 2 fully saturated rings. The van der Waals surface area contributed by atoms with Gasteiger partial charge in [-0.25, -0.2) is 10.1 Å². The second-order valence-electron chi connectivity index (χ2n) is 10.7. The fourth-order valence-electron chi connectivity index (χ4n) is 5.00. The second-order valence-corrected chi connectivity index (χ2v) is 10.7.